The zero-order valence-corrected chi connectivity index (χ0v) is 10.0. The van der Waals surface area contributed by atoms with Gasteiger partial charge in [-0.2, -0.15) is 8.78 Å². The molecule has 1 aromatic rings. The predicted octanol–water partition coefficient (Wildman–Crippen LogP) is 3.16. The molecule has 17 heavy (non-hydrogen) atoms. The van der Waals surface area contributed by atoms with Crippen LogP contribution in [0.3, 0.4) is 0 Å². The quantitative estimate of drug-likeness (QED) is 0.486. The fraction of sp³-hybridized carbons (Fsp3) is 0.222. The Kier molecular flexibility index (Phi) is 4.11. The summed E-state index contributed by atoms with van der Waals surface area (Å²) in [4.78, 5) is 21.1. The summed E-state index contributed by atoms with van der Waals surface area (Å²) in [6.07, 6.45) is 0. The maximum Gasteiger partial charge on any atom is 0.387 e. The van der Waals surface area contributed by atoms with Gasteiger partial charge in [-0.15, -0.1) is 0 Å². The number of nitro groups is 1. The molecule has 92 valence electrons. The van der Waals surface area contributed by atoms with Crippen molar-refractivity contribution >= 4 is 27.4 Å². The van der Waals surface area contributed by atoms with Crippen molar-refractivity contribution in [2.24, 2.45) is 0 Å². The molecule has 0 heterocycles. The monoisotopic (exact) mass is 309 g/mol. The van der Waals surface area contributed by atoms with Crippen molar-refractivity contribution < 1.29 is 23.2 Å². The van der Waals surface area contributed by atoms with Crippen LogP contribution in [0.25, 0.3) is 0 Å². The first-order valence-corrected chi connectivity index (χ1v) is 5.06. The molecule has 0 radical (unpaired) electrons. The fourth-order valence-electron chi connectivity index (χ4n) is 1.20. The Bertz CT molecular complexity index is 478. The number of nitrogens with zero attached hydrogens (tertiary/aromatic N) is 1. The number of hydrogen-bond donors (Lipinski definition) is 0. The molecule has 1 aromatic carbocycles. The van der Waals surface area contributed by atoms with Gasteiger partial charge in [-0.05, 0) is 35.0 Å². The van der Waals surface area contributed by atoms with Gasteiger partial charge >= 0.3 is 6.61 Å². The number of hydrogen-bond acceptors (Lipinski definition) is 4. The van der Waals surface area contributed by atoms with Gasteiger partial charge in [0.1, 0.15) is 10.2 Å². The summed E-state index contributed by atoms with van der Waals surface area (Å²) >= 11 is 2.78. The second-order valence-electron chi connectivity index (χ2n) is 2.97. The van der Waals surface area contributed by atoms with Crippen LogP contribution in [-0.4, -0.2) is 17.3 Å². The lowest BCUT2D eigenvalue weighted by Gasteiger charge is -2.08. The average Bonchev–Trinajstić information content (AvgIpc) is 2.19. The van der Waals surface area contributed by atoms with Gasteiger partial charge in [-0.3, -0.25) is 14.9 Å². The van der Waals surface area contributed by atoms with Crippen LogP contribution in [0.4, 0.5) is 14.5 Å². The summed E-state index contributed by atoms with van der Waals surface area (Å²) in [5.41, 5.74) is -0.765. The number of rotatable bonds is 4. The molecule has 0 aliphatic rings. The van der Waals surface area contributed by atoms with E-state index in [9.17, 15) is 23.7 Å². The average molecular weight is 310 g/mol. The highest BCUT2D eigenvalue weighted by Crippen LogP contribution is 2.37. The molecular weight excluding hydrogens is 304 g/mol. The van der Waals surface area contributed by atoms with Crippen molar-refractivity contribution in [3.8, 4) is 5.75 Å². The first-order chi connectivity index (χ1) is 7.84. The van der Waals surface area contributed by atoms with E-state index in [1.54, 1.807) is 0 Å². The van der Waals surface area contributed by atoms with Crippen molar-refractivity contribution in [1.82, 2.24) is 0 Å². The van der Waals surface area contributed by atoms with Crippen LogP contribution in [0, 0.1) is 10.1 Å². The lowest BCUT2D eigenvalue weighted by Crippen LogP contribution is -2.06. The molecule has 8 heteroatoms. The molecule has 0 fully saturated rings. The topological polar surface area (TPSA) is 69.4 Å². The number of carbonyl (C=O) groups excluding carboxylic acids is 1. The number of carbonyl (C=O) groups is 1. The van der Waals surface area contributed by atoms with Crippen LogP contribution in [0.5, 0.6) is 5.75 Å². The zero-order valence-electron chi connectivity index (χ0n) is 8.45. The summed E-state index contributed by atoms with van der Waals surface area (Å²) in [6, 6.07) is 2.14. The highest BCUT2D eigenvalue weighted by atomic mass is 79.9. The molecule has 0 aromatic heterocycles. The van der Waals surface area contributed by atoms with Crippen molar-refractivity contribution in [2.75, 3.05) is 0 Å². The molecule has 0 N–H and O–H groups in total. The van der Waals surface area contributed by atoms with E-state index in [-0.39, 0.29) is 10.0 Å². The van der Waals surface area contributed by atoms with Crippen molar-refractivity contribution in [1.29, 1.82) is 0 Å². The first-order valence-electron chi connectivity index (χ1n) is 4.27. The van der Waals surface area contributed by atoms with Gasteiger partial charge in [-0.1, -0.05) is 0 Å². The maximum atomic E-state index is 12.0. The van der Waals surface area contributed by atoms with E-state index in [1.807, 2.05) is 0 Å². The number of ketones is 1. The van der Waals surface area contributed by atoms with Crippen LogP contribution < -0.4 is 4.74 Å². The molecular formula is C9H6BrF2NO4. The van der Waals surface area contributed by atoms with E-state index in [2.05, 4.69) is 20.7 Å². The summed E-state index contributed by atoms with van der Waals surface area (Å²) in [5, 5.41) is 10.8. The van der Waals surface area contributed by atoms with Gasteiger partial charge in [0.05, 0.1) is 10.5 Å². The minimum Gasteiger partial charge on any atom is -0.433 e. The number of benzene rings is 1. The third kappa shape index (κ3) is 2.96. The summed E-state index contributed by atoms with van der Waals surface area (Å²) < 4.78 is 27.8. The Hall–Kier alpha value is -1.57. The maximum absolute atomic E-state index is 12.0. The van der Waals surface area contributed by atoms with Crippen LogP contribution in [0.15, 0.2) is 16.6 Å². The lowest BCUT2D eigenvalue weighted by atomic mass is 10.1. The number of halogens is 3. The molecule has 0 spiro atoms. The number of nitro benzene ring substituents is 1. The minimum absolute atomic E-state index is 0.177. The Labute approximate surface area is 103 Å². The largest absolute Gasteiger partial charge is 0.433 e. The zero-order chi connectivity index (χ0) is 13.2. The molecule has 0 aliphatic carbocycles. The predicted molar refractivity (Wildman–Crippen MR) is 57.4 cm³/mol. The van der Waals surface area contributed by atoms with Crippen LogP contribution in [-0.2, 0) is 0 Å². The summed E-state index contributed by atoms with van der Waals surface area (Å²) in [5.74, 6) is -0.933. The van der Waals surface area contributed by atoms with Gasteiger partial charge in [-0.25, -0.2) is 0 Å². The first kappa shape index (κ1) is 13.5. The highest BCUT2D eigenvalue weighted by molar-refractivity contribution is 9.10. The van der Waals surface area contributed by atoms with Crippen molar-refractivity contribution in [2.45, 2.75) is 13.5 Å². The molecule has 0 unspecified atom stereocenters. The van der Waals surface area contributed by atoms with E-state index in [0.29, 0.717) is 0 Å². The summed E-state index contributed by atoms with van der Waals surface area (Å²) in [6.45, 7) is -1.96. The van der Waals surface area contributed by atoms with Gasteiger partial charge in [0.15, 0.2) is 5.78 Å². The van der Waals surface area contributed by atoms with Gasteiger partial charge < -0.3 is 4.74 Å². The Morgan fingerprint density at radius 1 is 1.53 bits per heavy atom. The van der Waals surface area contributed by atoms with Crippen LogP contribution in [0.1, 0.15) is 17.3 Å². The Balaban J connectivity index is 3.38. The van der Waals surface area contributed by atoms with E-state index in [1.165, 1.54) is 0 Å². The van der Waals surface area contributed by atoms with Gasteiger partial charge in [0.2, 0.25) is 0 Å². The molecule has 0 amide bonds. The van der Waals surface area contributed by atoms with Crippen molar-refractivity contribution in [3.05, 3.63) is 32.3 Å². The van der Waals surface area contributed by atoms with Crippen LogP contribution in [0.2, 0.25) is 0 Å². The van der Waals surface area contributed by atoms with E-state index in [4.69, 9.17) is 0 Å². The fourth-order valence-corrected chi connectivity index (χ4v) is 1.78. The third-order valence-electron chi connectivity index (χ3n) is 1.86. The lowest BCUT2D eigenvalue weighted by molar-refractivity contribution is -0.386. The second-order valence-corrected chi connectivity index (χ2v) is 3.76. The smallest absolute Gasteiger partial charge is 0.387 e. The SMILES string of the molecule is CC(=O)c1ccc(OC(F)F)c(Br)c1[N+](=O)[O-]. The number of Topliss-reactive ketones (excluding diaryl/α,β-unsaturated/α-hetero) is 1. The molecule has 5 nitrogen and oxygen atoms in total. The molecule has 1 rings (SSSR count). The molecule has 0 bridgehead atoms. The van der Waals surface area contributed by atoms with Crippen molar-refractivity contribution in [3.63, 3.8) is 0 Å². The van der Waals surface area contributed by atoms with E-state index < -0.39 is 28.8 Å². The minimum atomic E-state index is -3.10. The molecule has 0 saturated heterocycles. The van der Waals surface area contributed by atoms with Gasteiger partial charge in [0, 0.05) is 0 Å². The molecule has 0 aliphatic heterocycles. The van der Waals surface area contributed by atoms with Crippen LogP contribution >= 0.6 is 15.9 Å². The van der Waals surface area contributed by atoms with E-state index >= 15 is 0 Å². The molecule has 0 saturated carbocycles. The number of ether oxygens (including phenoxy) is 1. The Morgan fingerprint density at radius 2 is 2.12 bits per heavy atom. The third-order valence-corrected chi connectivity index (χ3v) is 2.63. The summed E-state index contributed by atoms with van der Waals surface area (Å²) in [7, 11) is 0. The number of alkyl halides is 2. The Morgan fingerprint density at radius 3 is 2.53 bits per heavy atom. The standard InChI is InChI=1S/C9H6BrF2NO4/c1-4(14)5-2-3-6(17-9(11)12)7(10)8(5)13(15)16/h2-3,9H,1H3. The van der Waals surface area contributed by atoms with Gasteiger partial charge in [0.25, 0.3) is 5.69 Å². The van der Waals surface area contributed by atoms with E-state index in [0.717, 1.165) is 19.1 Å². The molecule has 0 atom stereocenters. The normalized spacial score (nSPS) is 10.4. The highest BCUT2D eigenvalue weighted by Gasteiger charge is 2.25. The second kappa shape index (κ2) is 5.17.